The quantitative estimate of drug-likeness (QED) is 0.681. The summed E-state index contributed by atoms with van der Waals surface area (Å²) in [6.07, 6.45) is 0. The van der Waals surface area contributed by atoms with Crippen molar-refractivity contribution in [1.82, 2.24) is 14.4 Å². The number of aryl methyl sites for hydroxylation is 3. The topological polar surface area (TPSA) is 73.3 Å². The molecule has 0 saturated carbocycles. The van der Waals surface area contributed by atoms with E-state index in [1.807, 2.05) is 26.8 Å². The number of nitrogens with zero attached hydrogens (tertiary/aromatic N) is 3. The normalized spacial score (nSPS) is 10.9. The molecule has 2 N–H and O–H groups in total. The zero-order chi connectivity index (χ0) is 11.2. The highest BCUT2D eigenvalue weighted by molar-refractivity contribution is 5.53. The maximum atomic E-state index is 11.6. The Labute approximate surface area is 86.6 Å². The molecule has 0 atom stereocenters. The minimum Gasteiger partial charge on any atom is -0.368 e. The number of hydrogen-bond donors (Lipinski definition) is 1. The van der Waals surface area contributed by atoms with Gasteiger partial charge in [0, 0.05) is 5.69 Å². The summed E-state index contributed by atoms with van der Waals surface area (Å²) in [6, 6.07) is 1.93. The first-order valence-corrected chi connectivity index (χ1v) is 4.64. The van der Waals surface area contributed by atoms with Gasteiger partial charge in [-0.05, 0) is 38.0 Å². The predicted molar refractivity (Wildman–Crippen MR) is 57.9 cm³/mol. The van der Waals surface area contributed by atoms with E-state index in [0.29, 0.717) is 5.65 Å². The van der Waals surface area contributed by atoms with Gasteiger partial charge in [-0.25, -0.2) is 9.20 Å². The third kappa shape index (κ3) is 1.36. The average molecular weight is 204 g/mol. The minimum absolute atomic E-state index is 0.0214. The van der Waals surface area contributed by atoms with Crippen molar-refractivity contribution < 1.29 is 0 Å². The molecule has 15 heavy (non-hydrogen) atoms. The minimum atomic E-state index is -0.377. The fourth-order valence-electron chi connectivity index (χ4n) is 1.65. The number of anilines is 1. The summed E-state index contributed by atoms with van der Waals surface area (Å²) in [5, 5.41) is 0. The first-order chi connectivity index (χ1) is 7.00. The molecule has 0 radical (unpaired) electrons. The van der Waals surface area contributed by atoms with Crippen LogP contribution in [0.2, 0.25) is 0 Å². The highest BCUT2D eigenvalue weighted by atomic mass is 16.1. The van der Waals surface area contributed by atoms with Crippen molar-refractivity contribution in [3.8, 4) is 0 Å². The van der Waals surface area contributed by atoms with Crippen LogP contribution in [0, 0.1) is 20.8 Å². The van der Waals surface area contributed by atoms with Crippen LogP contribution in [0.5, 0.6) is 0 Å². The Morgan fingerprint density at radius 2 is 1.93 bits per heavy atom. The number of fused-ring (bicyclic) bond motifs is 1. The predicted octanol–water partition coefficient (Wildman–Crippen LogP) is 0.597. The maximum Gasteiger partial charge on any atom is 0.356 e. The van der Waals surface area contributed by atoms with Crippen LogP contribution < -0.4 is 11.4 Å². The third-order valence-electron chi connectivity index (χ3n) is 2.54. The molecule has 0 amide bonds. The second kappa shape index (κ2) is 3.05. The molecular weight excluding hydrogens is 192 g/mol. The highest BCUT2D eigenvalue weighted by Crippen LogP contribution is 2.13. The van der Waals surface area contributed by atoms with Gasteiger partial charge in [0.2, 0.25) is 5.95 Å². The van der Waals surface area contributed by atoms with E-state index in [1.165, 1.54) is 4.40 Å². The van der Waals surface area contributed by atoms with Crippen LogP contribution in [0.1, 0.15) is 16.8 Å². The van der Waals surface area contributed by atoms with Gasteiger partial charge < -0.3 is 5.73 Å². The zero-order valence-corrected chi connectivity index (χ0v) is 8.90. The lowest BCUT2D eigenvalue weighted by Gasteiger charge is -2.09. The Kier molecular flexibility index (Phi) is 1.96. The summed E-state index contributed by atoms with van der Waals surface area (Å²) < 4.78 is 1.47. The Morgan fingerprint density at radius 3 is 2.60 bits per heavy atom. The number of nitrogens with two attached hydrogens (primary N) is 1. The first kappa shape index (κ1) is 9.64. The second-order valence-electron chi connectivity index (χ2n) is 3.62. The standard InChI is InChI=1S/C10H12N4O/c1-5-4-6(2)14-8(7(5)3)12-9(11)13-10(14)15/h4H,1-3H3,(H2,11,13,15). The van der Waals surface area contributed by atoms with Crippen LogP contribution in [0.4, 0.5) is 5.95 Å². The van der Waals surface area contributed by atoms with E-state index in [2.05, 4.69) is 9.97 Å². The number of hydrogen-bond acceptors (Lipinski definition) is 4. The molecule has 0 fully saturated rings. The van der Waals surface area contributed by atoms with Gasteiger partial charge in [0.1, 0.15) is 5.65 Å². The summed E-state index contributed by atoms with van der Waals surface area (Å²) in [6.45, 7) is 5.74. The summed E-state index contributed by atoms with van der Waals surface area (Å²) in [4.78, 5) is 19.3. The molecule has 5 heteroatoms. The lowest BCUT2D eigenvalue weighted by Crippen LogP contribution is -2.23. The van der Waals surface area contributed by atoms with Crippen LogP contribution >= 0.6 is 0 Å². The Balaban J connectivity index is 3.10. The van der Waals surface area contributed by atoms with Crippen LogP contribution in [0.15, 0.2) is 10.9 Å². The molecule has 2 aromatic heterocycles. The second-order valence-corrected chi connectivity index (χ2v) is 3.62. The molecule has 78 valence electrons. The molecule has 0 aliphatic carbocycles. The van der Waals surface area contributed by atoms with E-state index >= 15 is 0 Å². The van der Waals surface area contributed by atoms with Crippen LogP contribution in [0.25, 0.3) is 5.65 Å². The van der Waals surface area contributed by atoms with Crippen molar-refractivity contribution in [1.29, 1.82) is 0 Å². The van der Waals surface area contributed by atoms with Gasteiger partial charge in [-0.3, -0.25) is 0 Å². The number of rotatable bonds is 0. The molecule has 0 saturated heterocycles. The van der Waals surface area contributed by atoms with Gasteiger partial charge in [0.15, 0.2) is 0 Å². The third-order valence-corrected chi connectivity index (χ3v) is 2.54. The molecule has 5 nitrogen and oxygen atoms in total. The molecule has 0 bridgehead atoms. The molecule has 0 spiro atoms. The molecule has 2 aromatic rings. The molecule has 2 rings (SSSR count). The maximum absolute atomic E-state index is 11.6. The Morgan fingerprint density at radius 1 is 1.27 bits per heavy atom. The summed E-state index contributed by atoms with van der Waals surface area (Å²) in [5.41, 5.74) is 8.53. The molecule has 0 unspecified atom stereocenters. The first-order valence-electron chi connectivity index (χ1n) is 4.64. The van der Waals surface area contributed by atoms with Gasteiger partial charge >= 0.3 is 5.69 Å². The fraction of sp³-hybridized carbons (Fsp3) is 0.300. The average Bonchev–Trinajstić information content (AvgIpc) is 2.12. The van der Waals surface area contributed by atoms with Gasteiger partial charge in [0.25, 0.3) is 0 Å². The van der Waals surface area contributed by atoms with Gasteiger partial charge in [-0.15, -0.1) is 0 Å². The molecular formula is C10H12N4O. The summed E-state index contributed by atoms with van der Waals surface area (Å²) in [7, 11) is 0. The fourth-order valence-corrected chi connectivity index (χ4v) is 1.65. The SMILES string of the molecule is Cc1cc(C)n2c(=O)nc(N)nc2c1C. The number of aromatic nitrogens is 3. The van der Waals surface area contributed by atoms with Crippen LogP contribution in [0.3, 0.4) is 0 Å². The Hall–Kier alpha value is -1.91. The largest absolute Gasteiger partial charge is 0.368 e. The van der Waals surface area contributed by atoms with E-state index in [4.69, 9.17) is 5.73 Å². The zero-order valence-electron chi connectivity index (χ0n) is 8.90. The Bertz CT molecular complexity index is 600. The van der Waals surface area contributed by atoms with E-state index in [1.54, 1.807) is 0 Å². The summed E-state index contributed by atoms with van der Waals surface area (Å²) >= 11 is 0. The van der Waals surface area contributed by atoms with Gasteiger partial charge in [-0.1, -0.05) is 0 Å². The van der Waals surface area contributed by atoms with Gasteiger partial charge in [-0.2, -0.15) is 9.97 Å². The van der Waals surface area contributed by atoms with E-state index in [0.717, 1.165) is 16.8 Å². The van der Waals surface area contributed by atoms with Crippen molar-refractivity contribution >= 4 is 11.6 Å². The molecule has 2 heterocycles. The van der Waals surface area contributed by atoms with Crippen molar-refractivity contribution in [3.05, 3.63) is 33.4 Å². The number of nitrogen functional groups attached to an aromatic ring is 1. The van der Waals surface area contributed by atoms with E-state index < -0.39 is 0 Å². The smallest absolute Gasteiger partial charge is 0.356 e. The highest BCUT2D eigenvalue weighted by Gasteiger charge is 2.08. The lowest BCUT2D eigenvalue weighted by molar-refractivity contribution is 0.905. The molecule has 0 aliphatic rings. The lowest BCUT2D eigenvalue weighted by atomic mass is 10.1. The monoisotopic (exact) mass is 204 g/mol. The van der Waals surface area contributed by atoms with Crippen molar-refractivity contribution in [2.45, 2.75) is 20.8 Å². The molecule has 0 aromatic carbocycles. The molecule has 0 aliphatic heterocycles. The van der Waals surface area contributed by atoms with Crippen LogP contribution in [-0.4, -0.2) is 14.4 Å². The number of pyridine rings is 1. The summed E-state index contributed by atoms with van der Waals surface area (Å²) in [5.74, 6) is 0.0214. The van der Waals surface area contributed by atoms with E-state index in [9.17, 15) is 4.79 Å². The van der Waals surface area contributed by atoms with E-state index in [-0.39, 0.29) is 11.6 Å². The van der Waals surface area contributed by atoms with Gasteiger partial charge in [0.05, 0.1) is 0 Å². The van der Waals surface area contributed by atoms with Crippen molar-refractivity contribution in [2.75, 3.05) is 5.73 Å². The van der Waals surface area contributed by atoms with Crippen molar-refractivity contribution in [3.63, 3.8) is 0 Å². The van der Waals surface area contributed by atoms with Crippen molar-refractivity contribution in [2.24, 2.45) is 0 Å². The van der Waals surface area contributed by atoms with Crippen LogP contribution in [-0.2, 0) is 0 Å².